The molecule has 2 aromatic heterocycles. The van der Waals surface area contributed by atoms with Crippen LogP contribution in [0, 0.1) is 4.91 Å². The number of rotatable bonds is 1. The molecule has 0 aliphatic carbocycles. The highest BCUT2D eigenvalue weighted by molar-refractivity contribution is 5.68. The zero-order valence-corrected chi connectivity index (χ0v) is 5.76. The number of imidazole rings is 1. The zero-order chi connectivity index (χ0) is 8.55. The minimum atomic E-state index is -0.433. The van der Waals surface area contributed by atoms with Crippen LogP contribution in [0.4, 0.5) is 0 Å². The molecule has 1 N–H and O–H groups in total. The van der Waals surface area contributed by atoms with Crippen molar-refractivity contribution < 1.29 is 0 Å². The Bertz CT molecular complexity index is 484. The van der Waals surface area contributed by atoms with Crippen LogP contribution in [-0.4, -0.2) is 19.6 Å². The van der Waals surface area contributed by atoms with Gasteiger partial charge in [-0.15, -0.1) is 4.91 Å². The molecule has 7 nitrogen and oxygen atoms in total. The Kier molecular flexibility index (Phi) is 1.23. The molecule has 0 atom stereocenters. The van der Waals surface area contributed by atoms with Crippen LogP contribution in [0.3, 0.4) is 0 Å². The van der Waals surface area contributed by atoms with Gasteiger partial charge >= 0.3 is 0 Å². The third-order valence-corrected chi connectivity index (χ3v) is 1.42. The summed E-state index contributed by atoms with van der Waals surface area (Å²) >= 11 is 0. The van der Waals surface area contributed by atoms with E-state index in [9.17, 15) is 9.70 Å². The Morgan fingerprint density at radius 3 is 3.08 bits per heavy atom. The number of nitroso groups, excluding NO2 is 1. The SMILES string of the molecule is O=Nn1cnc2nc[nH]c(=O)c21. The maximum absolute atomic E-state index is 11.1. The van der Waals surface area contributed by atoms with Crippen molar-refractivity contribution in [2.75, 3.05) is 0 Å². The third kappa shape index (κ3) is 0.729. The summed E-state index contributed by atoms with van der Waals surface area (Å²) in [5.74, 6) is 0. The number of H-pyrrole nitrogens is 1. The van der Waals surface area contributed by atoms with Crippen LogP contribution >= 0.6 is 0 Å². The van der Waals surface area contributed by atoms with E-state index in [2.05, 4.69) is 20.2 Å². The highest BCUT2D eigenvalue weighted by Gasteiger charge is 2.06. The molecule has 0 aliphatic rings. The molecule has 2 rings (SSSR count). The van der Waals surface area contributed by atoms with E-state index in [0.29, 0.717) is 0 Å². The molecule has 7 heteroatoms. The Balaban J connectivity index is 3.02. The van der Waals surface area contributed by atoms with E-state index in [4.69, 9.17) is 0 Å². The molecule has 0 aliphatic heterocycles. The van der Waals surface area contributed by atoms with Gasteiger partial charge in [0, 0.05) is 0 Å². The van der Waals surface area contributed by atoms with Crippen LogP contribution < -0.4 is 5.56 Å². The molecule has 0 amide bonds. The molecule has 0 radical (unpaired) electrons. The Morgan fingerprint density at radius 2 is 2.33 bits per heavy atom. The fourth-order valence-corrected chi connectivity index (χ4v) is 0.913. The fraction of sp³-hybridized carbons (Fsp3) is 0. The summed E-state index contributed by atoms with van der Waals surface area (Å²) in [6.45, 7) is 0. The number of fused-ring (bicyclic) bond motifs is 1. The number of hydrogen-bond acceptors (Lipinski definition) is 5. The second-order valence-corrected chi connectivity index (χ2v) is 2.07. The lowest BCUT2D eigenvalue weighted by Crippen LogP contribution is -2.08. The first-order chi connectivity index (χ1) is 5.83. The first-order valence-corrected chi connectivity index (χ1v) is 3.07. The Labute approximate surface area is 65.0 Å². The largest absolute Gasteiger partial charge is 0.311 e. The summed E-state index contributed by atoms with van der Waals surface area (Å²) in [5.41, 5.74) is -0.164. The van der Waals surface area contributed by atoms with Gasteiger partial charge in [0.25, 0.3) is 5.56 Å². The number of nitrogens with zero attached hydrogens (tertiary/aromatic N) is 4. The first kappa shape index (κ1) is 6.65. The van der Waals surface area contributed by atoms with Gasteiger partial charge in [0.05, 0.1) is 11.6 Å². The standard InChI is InChI=1S/C5H3N5O2/c11-5-3-4(6-1-7-5)8-2-10(3)9-12/h1-2H,(H,6,7,11). The van der Waals surface area contributed by atoms with Crippen molar-refractivity contribution in [2.24, 2.45) is 5.29 Å². The van der Waals surface area contributed by atoms with E-state index in [1.807, 2.05) is 0 Å². The third-order valence-electron chi connectivity index (χ3n) is 1.42. The molecule has 2 aromatic rings. The number of aromatic amines is 1. The Morgan fingerprint density at radius 1 is 1.50 bits per heavy atom. The maximum Gasteiger partial charge on any atom is 0.279 e. The summed E-state index contributed by atoms with van der Waals surface area (Å²) in [4.78, 5) is 30.9. The minimum absolute atomic E-state index is 0.0625. The van der Waals surface area contributed by atoms with Crippen LogP contribution in [0.5, 0.6) is 0 Å². The predicted molar refractivity (Wildman–Crippen MR) is 39.3 cm³/mol. The summed E-state index contributed by atoms with van der Waals surface area (Å²) in [5, 5.41) is 2.56. The van der Waals surface area contributed by atoms with Gasteiger partial charge in [-0.25, -0.2) is 9.97 Å². The van der Waals surface area contributed by atoms with E-state index < -0.39 is 5.56 Å². The zero-order valence-electron chi connectivity index (χ0n) is 5.76. The van der Waals surface area contributed by atoms with E-state index in [-0.39, 0.29) is 11.2 Å². The van der Waals surface area contributed by atoms with Crippen molar-refractivity contribution in [3.63, 3.8) is 0 Å². The molecule has 0 saturated carbocycles. The van der Waals surface area contributed by atoms with Crippen molar-refractivity contribution in [2.45, 2.75) is 0 Å². The highest BCUT2D eigenvalue weighted by atomic mass is 16.3. The molecule has 0 saturated heterocycles. The summed E-state index contributed by atoms with van der Waals surface area (Å²) < 4.78 is 0.834. The normalized spacial score (nSPS) is 10.3. The smallest absolute Gasteiger partial charge is 0.279 e. The molecule has 12 heavy (non-hydrogen) atoms. The van der Waals surface area contributed by atoms with Crippen molar-refractivity contribution >= 4 is 11.2 Å². The van der Waals surface area contributed by atoms with Gasteiger partial charge in [-0.05, 0) is 0 Å². The molecule has 2 heterocycles. The number of aromatic nitrogens is 4. The molecule has 0 fully saturated rings. The molecule has 0 spiro atoms. The molecular formula is C5H3N5O2. The van der Waals surface area contributed by atoms with E-state index in [0.717, 1.165) is 11.0 Å². The highest BCUT2D eigenvalue weighted by Crippen LogP contribution is 2.01. The van der Waals surface area contributed by atoms with Crippen LogP contribution in [0.2, 0.25) is 0 Å². The summed E-state index contributed by atoms with van der Waals surface area (Å²) in [7, 11) is 0. The fourth-order valence-electron chi connectivity index (χ4n) is 0.913. The van der Waals surface area contributed by atoms with Crippen molar-refractivity contribution in [1.29, 1.82) is 0 Å². The van der Waals surface area contributed by atoms with E-state index in [1.54, 1.807) is 0 Å². The van der Waals surface area contributed by atoms with Gasteiger partial charge in [-0.2, -0.15) is 4.68 Å². The van der Waals surface area contributed by atoms with Crippen molar-refractivity contribution in [3.05, 3.63) is 27.9 Å². The second kappa shape index (κ2) is 2.22. The molecule has 60 valence electrons. The van der Waals surface area contributed by atoms with Crippen LogP contribution in [0.25, 0.3) is 11.2 Å². The van der Waals surface area contributed by atoms with Gasteiger partial charge in [0.1, 0.15) is 6.33 Å². The van der Waals surface area contributed by atoms with Crippen LogP contribution in [-0.2, 0) is 0 Å². The predicted octanol–water partition coefficient (Wildman–Crippen LogP) is -0.351. The van der Waals surface area contributed by atoms with Crippen LogP contribution in [0.15, 0.2) is 22.7 Å². The topological polar surface area (TPSA) is 93.0 Å². The summed E-state index contributed by atoms with van der Waals surface area (Å²) in [6.07, 6.45) is 2.35. The lowest BCUT2D eigenvalue weighted by molar-refractivity contribution is 0.889. The molecular weight excluding hydrogens is 162 g/mol. The average Bonchev–Trinajstić information content (AvgIpc) is 2.49. The minimum Gasteiger partial charge on any atom is -0.311 e. The second-order valence-electron chi connectivity index (χ2n) is 2.07. The molecule has 0 aromatic carbocycles. The maximum atomic E-state index is 11.1. The van der Waals surface area contributed by atoms with Gasteiger partial charge in [0.2, 0.25) is 0 Å². The lowest BCUT2D eigenvalue weighted by atomic mass is 10.5. The van der Waals surface area contributed by atoms with Crippen molar-refractivity contribution in [1.82, 2.24) is 19.6 Å². The summed E-state index contributed by atoms with van der Waals surface area (Å²) in [6, 6.07) is 0. The average molecular weight is 165 g/mol. The first-order valence-electron chi connectivity index (χ1n) is 3.07. The van der Waals surface area contributed by atoms with Crippen molar-refractivity contribution in [3.8, 4) is 0 Å². The quantitative estimate of drug-likeness (QED) is 0.584. The van der Waals surface area contributed by atoms with Gasteiger partial charge in [0.15, 0.2) is 11.2 Å². The lowest BCUT2D eigenvalue weighted by Gasteiger charge is -1.86. The number of nitrogens with one attached hydrogen (secondary N) is 1. The Hall–Kier alpha value is -2.05. The molecule has 0 unspecified atom stereocenters. The van der Waals surface area contributed by atoms with Gasteiger partial charge < -0.3 is 4.98 Å². The van der Waals surface area contributed by atoms with Gasteiger partial charge in [-0.3, -0.25) is 4.79 Å². The van der Waals surface area contributed by atoms with Gasteiger partial charge in [-0.1, -0.05) is 0 Å². The number of hydrogen-bond donors (Lipinski definition) is 1. The monoisotopic (exact) mass is 165 g/mol. The molecule has 0 bridgehead atoms. The van der Waals surface area contributed by atoms with E-state index >= 15 is 0 Å². The van der Waals surface area contributed by atoms with E-state index in [1.165, 1.54) is 6.33 Å². The van der Waals surface area contributed by atoms with Crippen LogP contribution in [0.1, 0.15) is 0 Å².